The first-order valence-corrected chi connectivity index (χ1v) is 12.3. The molecule has 0 radical (unpaired) electrons. The largest absolute Gasteiger partial charge is 0.435 e. The van der Waals surface area contributed by atoms with Gasteiger partial charge in [-0.2, -0.15) is 23.5 Å². The van der Waals surface area contributed by atoms with E-state index in [0.717, 1.165) is 11.1 Å². The van der Waals surface area contributed by atoms with Crippen LogP contribution in [-0.2, 0) is 39.3 Å². The van der Waals surface area contributed by atoms with Gasteiger partial charge in [-0.1, -0.05) is 26.8 Å². The summed E-state index contributed by atoms with van der Waals surface area (Å²) in [5.41, 5.74) is 3.46. The Morgan fingerprint density at radius 3 is 2.61 bits per heavy atom. The van der Waals surface area contributed by atoms with Gasteiger partial charge < -0.3 is 0 Å². The molecule has 5 rings (SSSR count). The molecule has 0 aliphatic carbocycles. The summed E-state index contributed by atoms with van der Waals surface area (Å²) in [5, 5.41) is 15.8. The van der Waals surface area contributed by atoms with Crippen molar-refractivity contribution in [3.8, 4) is 17.3 Å². The fourth-order valence-corrected chi connectivity index (χ4v) is 5.05. The predicted molar refractivity (Wildman–Crippen MR) is 136 cm³/mol. The van der Waals surface area contributed by atoms with E-state index >= 15 is 0 Å². The first-order valence-electron chi connectivity index (χ1n) is 12.3. The predicted octanol–water partition coefficient (Wildman–Crippen LogP) is 4.62. The van der Waals surface area contributed by atoms with E-state index in [2.05, 4.69) is 37.0 Å². The lowest BCUT2D eigenvalue weighted by Gasteiger charge is -2.27. The summed E-state index contributed by atoms with van der Waals surface area (Å²) < 4.78 is 42.8. The van der Waals surface area contributed by atoms with Crippen molar-refractivity contribution in [2.24, 2.45) is 12.5 Å². The third kappa shape index (κ3) is 4.72. The fourth-order valence-electron chi connectivity index (χ4n) is 5.05. The first kappa shape index (κ1) is 25.7. The van der Waals surface area contributed by atoms with Crippen LogP contribution < -0.4 is 5.69 Å². The Balaban J connectivity index is 1.45. The normalized spacial score (nSPS) is 14.6. The third-order valence-corrected chi connectivity index (χ3v) is 6.78. The summed E-state index contributed by atoms with van der Waals surface area (Å²) >= 11 is 0. The van der Waals surface area contributed by atoms with Crippen LogP contribution in [0.4, 0.5) is 13.2 Å². The number of aromatic amines is 1. The number of fused-ring (bicyclic) bond motifs is 2. The Morgan fingerprint density at radius 1 is 1.16 bits per heavy atom. The number of alkyl halides is 3. The van der Waals surface area contributed by atoms with Crippen molar-refractivity contribution in [3.63, 3.8) is 0 Å². The van der Waals surface area contributed by atoms with Crippen molar-refractivity contribution in [2.75, 3.05) is 6.54 Å². The van der Waals surface area contributed by atoms with Gasteiger partial charge in [-0.3, -0.25) is 19.1 Å². The van der Waals surface area contributed by atoms with Crippen molar-refractivity contribution in [2.45, 2.75) is 53.0 Å². The maximum absolute atomic E-state index is 13.2. The zero-order chi connectivity index (χ0) is 27.4. The standard InChI is InChI=1S/C27H28F3N7O/c1-26(2,3)15-37-22-8-7-20(32-24(22)35(4)25(37)38)19-11-16(5-6-17(19)12-31)13-36-10-9-18-21(14-36)33-34-23(18)27(28,29)30/h5-8,11H,9-10,13-15H2,1-4H3,(H,33,34). The molecule has 0 fully saturated rings. The minimum atomic E-state index is -4.47. The smallest absolute Gasteiger partial charge is 0.293 e. The molecule has 1 aliphatic heterocycles. The highest BCUT2D eigenvalue weighted by molar-refractivity contribution is 5.78. The van der Waals surface area contributed by atoms with Crippen LogP contribution in [0.2, 0.25) is 0 Å². The molecular weight excluding hydrogens is 495 g/mol. The lowest BCUT2D eigenvalue weighted by Crippen LogP contribution is -2.30. The summed E-state index contributed by atoms with van der Waals surface area (Å²) in [6.07, 6.45) is -4.22. The Labute approximate surface area is 217 Å². The Bertz CT molecular complexity index is 1630. The van der Waals surface area contributed by atoms with Crippen molar-refractivity contribution in [1.29, 1.82) is 5.26 Å². The van der Waals surface area contributed by atoms with Crippen LogP contribution >= 0.6 is 0 Å². The molecule has 1 N–H and O–H groups in total. The van der Waals surface area contributed by atoms with E-state index in [1.807, 2.05) is 29.2 Å². The summed E-state index contributed by atoms with van der Waals surface area (Å²) in [4.78, 5) is 19.7. The highest BCUT2D eigenvalue weighted by Gasteiger charge is 2.39. The molecule has 0 bridgehead atoms. The molecule has 1 aliphatic rings. The van der Waals surface area contributed by atoms with E-state index < -0.39 is 11.9 Å². The van der Waals surface area contributed by atoms with Gasteiger partial charge >= 0.3 is 11.9 Å². The van der Waals surface area contributed by atoms with Crippen LogP contribution in [-0.4, -0.2) is 35.8 Å². The number of benzene rings is 1. The Kier molecular flexibility index (Phi) is 6.18. The molecule has 4 aromatic rings. The molecule has 198 valence electrons. The zero-order valence-electron chi connectivity index (χ0n) is 21.6. The minimum Gasteiger partial charge on any atom is -0.293 e. The number of pyridine rings is 1. The molecule has 0 saturated carbocycles. The number of aromatic nitrogens is 5. The van der Waals surface area contributed by atoms with E-state index in [4.69, 9.17) is 4.98 Å². The topological polar surface area (TPSA) is 95.5 Å². The van der Waals surface area contributed by atoms with Gasteiger partial charge in [-0.05, 0) is 41.7 Å². The minimum absolute atomic E-state index is 0.0984. The first-order chi connectivity index (χ1) is 17.9. The van der Waals surface area contributed by atoms with E-state index in [0.29, 0.717) is 54.3 Å². The summed E-state index contributed by atoms with van der Waals surface area (Å²) in [6, 6.07) is 11.4. The van der Waals surface area contributed by atoms with Crippen molar-refractivity contribution < 1.29 is 13.2 Å². The summed E-state index contributed by atoms with van der Waals surface area (Å²) in [7, 11) is 1.69. The van der Waals surface area contributed by atoms with Gasteiger partial charge in [0.2, 0.25) is 0 Å². The molecule has 0 spiro atoms. The maximum Gasteiger partial charge on any atom is 0.435 e. The van der Waals surface area contributed by atoms with Gasteiger partial charge in [0.15, 0.2) is 11.3 Å². The number of rotatable bonds is 4. The van der Waals surface area contributed by atoms with Gasteiger partial charge in [-0.25, -0.2) is 9.78 Å². The lowest BCUT2D eigenvalue weighted by molar-refractivity contribution is -0.141. The van der Waals surface area contributed by atoms with Crippen LogP contribution in [0, 0.1) is 16.7 Å². The molecule has 3 aromatic heterocycles. The molecule has 0 unspecified atom stereocenters. The highest BCUT2D eigenvalue weighted by atomic mass is 19.4. The monoisotopic (exact) mass is 523 g/mol. The van der Waals surface area contributed by atoms with Gasteiger partial charge in [-0.15, -0.1) is 0 Å². The van der Waals surface area contributed by atoms with Crippen LogP contribution in [0.15, 0.2) is 35.1 Å². The van der Waals surface area contributed by atoms with Crippen LogP contribution in [0.5, 0.6) is 0 Å². The summed E-state index contributed by atoms with van der Waals surface area (Å²) in [5.74, 6) is 0. The number of aryl methyl sites for hydroxylation is 1. The SMILES string of the molecule is Cn1c(=O)n(CC(C)(C)C)c2ccc(-c3cc(CN4CCc5c(C(F)(F)F)n[nH]c5C4)ccc3C#N)nc21. The number of halogens is 3. The Hall–Kier alpha value is -3.91. The van der Waals surface area contributed by atoms with Crippen molar-refractivity contribution >= 4 is 11.2 Å². The molecule has 38 heavy (non-hydrogen) atoms. The maximum atomic E-state index is 13.2. The molecule has 1 aromatic carbocycles. The molecule has 8 nitrogen and oxygen atoms in total. The van der Waals surface area contributed by atoms with Crippen LogP contribution in [0.25, 0.3) is 22.4 Å². The number of hydrogen-bond donors (Lipinski definition) is 1. The van der Waals surface area contributed by atoms with Gasteiger partial charge in [0, 0.05) is 44.4 Å². The number of nitriles is 1. The molecule has 0 atom stereocenters. The van der Waals surface area contributed by atoms with Gasteiger partial charge in [0.05, 0.1) is 28.5 Å². The van der Waals surface area contributed by atoms with E-state index in [1.165, 1.54) is 4.57 Å². The second-order valence-corrected chi connectivity index (χ2v) is 11.0. The molecule has 0 amide bonds. The summed E-state index contributed by atoms with van der Waals surface area (Å²) in [6.45, 7) is 8.00. The number of hydrogen-bond acceptors (Lipinski definition) is 5. The average molecular weight is 524 g/mol. The number of nitrogens with zero attached hydrogens (tertiary/aromatic N) is 6. The average Bonchev–Trinajstić information content (AvgIpc) is 3.38. The quantitative estimate of drug-likeness (QED) is 0.421. The molecular formula is C27H28F3N7O. The fraction of sp³-hybridized carbons (Fsp3) is 0.407. The van der Waals surface area contributed by atoms with E-state index in [-0.39, 0.29) is 23.1 Å². The highest BCUT2D eigenvalue weighted by Crippen LogP contribution is 2.34. The van der Waals surface area contributed by atoms with E-state index in [9.17, 15) is 23.2 Å². The molecule has 4 heterocycles. The second-order valence-electron chi connectivity index (χ2n) is 11.0. The molecule has 0 saturated heterocycles. The van der Waals surface area contributed by atoms with Gasteiger partial charge in [0.1, 0.15) is 0 Å². The third-order valence-electron chi connectivity index (χ3n) is 6.78. The van der Waals surface area contributed by atoms with Crippen LogP contribution in [0.1, 0.15) is 48.8 Å². The lowest BCUT2D eigenvalue weighted by atomic mass is 9.97. The van der Waals surface area contributed by atoms with E-state index in [1.54, 1.807) is 17.7 Å². The van der Waals surface area contributed by atoms with Crippen LogP contribution in [0.3, 0.4) is 0 Å². The number of H-pyrrole nitrogens is 1. The zero-order valence-corrected chi connectivity index (χ0v) is 21.6. The second kappa shape index (κ2) is 9.13. The number of imidazole rings is 1. The number of nitrogens with one attached hydrogen (secondary N) is 1. The molecule has 11 heteroatoms. The Morgan fingerprint density at radius 2 is 1.92 bits per heavy atom. The van der Waals surface area contributed by atoms with Crippen molar-refractivity contribution in [3.05, 3.63) is 68.9 Å². The van der Waals surface area contributed by atoms with Crippen molar-refractivity contribution in [1.82, 2.24) is 29.2 Å². The van der Waals surface area contributed by atoms with Gasteiger partial charge in [0.25, 0.3) is 0 Å².